The molecule has 6 heteroatoms. The van der Waals surface area contributed by atoms with Crippen molar-refractivity contribution in [2.24, 2.45) is 0 Å². The highest BCUT2D eigenvalue weighted by Gasteiger charge is 2.20. The largest absolute Gasteiger partial charge is 0.489 e. The van der Waals surface area contributed by atoms with Gasteiger partial charge >= 0.3 is 5.97 Å². The van der Waals surface area contributed by atoms with Crippen molar-refractivity contribution in [3.05, 3.63) is 102 Å². The van der Waals surface area contributed by atoms with Crippen LogP contribution in [0.4, 0.5) is 0 Å². The molecular weight excluding hydrogens is 488 g/mol. The quantitative estimate of drug-likeness (QED) is 0.238. The Morgan fingerprint density at radius 2 is 1.69 bits per heavy atom. The Balaban J connectivity index is 1.35. The lowest BCUT2D eigenvalue weighted by Gasteiger charge is -2.28. The highest BCUT2D eigenvalue weighted by molar-refractivity contribution is 5.90. The Bertz CT molecular complexity index is 1470. The summed E-state index contributed by atoms with van der Waals surface area (Å²) in [6.45, 7) is 6.70. The van der Waals surface area contributed by atoms with Crippen LogP contribution in [0.25, 0.3) is 21.9 Å². The third-order valence-corrected chi connectivity index (χ3v) is 6.54. The molecule has 0 aromatic heterocycles. The standard InChI is InChI=1S/C33H34N2O4/c1-4-38-32(37)26-13-11-25(12-14-26)28-15-16-29(20-34)31(18-28)39-22-30(36)21-35-33(2,3)19-23-9-10-24-7-5-6-8-27(24)17-23/h5-18,30,35-36H,4,19,21-22H2,1-3H3. The number of hydrogen-bond acceptors (Lipinski definition) is 6. The van der Waals surface area contributed by atoms with E-state index in [1.54, 1.807) is 31.2 Å². The molecule has 6 nitrogen and oxygen atoms in total. The number of hydrogen-bond donors (Lipinski definition) is 2. The molecule has 0 saturated carbocycles. The van der Waals surface area contributed by atoms with Crippen molar-refractivity contribution >= 4 is 16.7 Å². The Hall–Kier alpha value is -4.18. The lowest BCUT2D eigenvalue weighted by molar-refractivity contribution is 0.0526. The number of nitrogens with one attached hydrogen (secondary N) is 1. The number of aliphatic hydroxyl groups is 1. The minimum absolute atomic E-state index is 0.0407. The fourth-order valence-corrected chi connectivity index (χ4v) is 4.49. The van der Waals surface area contributed by atoms with Crippen LogP contribution in [0.15, 0.2) is 84.9 Å². The summed E-state index contributed by atoms with van der Waals surface area (Å²) in [5, 5.41) is 26.1. The monoisotopic (exact) mass is 522 g/mol. The molecule has 0 saturated heterocycles. The van der Waals surface area contributed by atoms with Crippen LogP contribution in [-0.2, 0) is 11.2 Å². The van der Waals surface area contributed by atoms with E-state index in [9.17, 15) is 15.2 Å². The van der Waals surface area contributed by atoms with E-state index in [2.05, 4.69) is 55.6 Å². The van der Waals surface area contributed by atoms with Gasteiger partial charge in [-0.2, -0.15) is 5.26 Å². The number of nitriles is 1. The lowest BCUT2D eigenvalue weighted by atomic mass is 9.93. The SMILES string of the molecule is CCOC(=O)c1ccc(-c2ccc(C#N)c(OCC(O)CNC(C)(C)Cc3ccc4ccccc4c3)c2)cc1. The zero-order valence-corrected chi connectivity index (χ0v) is 22.6. The van der Waals surface area contributed by atoms with E-state index in [1.807, 2.05) is 30.3 Å². The van der Waals surface area contributed by atoms with Gasteiger partial charge in [0.2, 0.25) is 0 Å². The van der Waals surface area contributed by atoms with Gasteiger partial charge in [0.25, 0.3) is 0 Å². The first-order valence-corrected chi connectivity index (χ1v) is 13.1. The summed E-state index contributed by atoms with van der Waals surface area (Å²) < 4.78 is 10.9. The van der Waals surface area contributed by atoms with Gasteiger partial charge in [-0.05, 0) is 78.9 Å². The van der Waals surface area contributed by atoms with Crippen LogP contribution in [0.3, 0.4) is 0 Å². The number of carbonyl (C=O) groups is 1. The minimum atomic E-state index is -0.764. The summed E-state index contributed by atoms with van der Waals surface area (Å²) in [6.07, 6.45) is 0.0426. The molecule has 4 aromatic rings. The molecule has 39 heavy (non-hydrogen) atoms. The van der Waals surface area contributed by atoms with Gasteiger partial charge in [0, 0.05) is 12.1 Å². The molecule has 2 N–H and O–H groups in total. The molecule has 200 valence electrons. The molecule has 0 amide bonds. The highest BCUT2D eigenvalue weighted by Crippen LogP contribution is 2.28. The molecule has 1 unspecified atom stereocenters. The maximum absolute atomic E-state index is 11.9. The molecule has 0 aliphatic heterocycles. The Labute approximate surface area is 229 Å². The molecule has 0 radical (unpaired) electrons. The van der Waals surface area contributed by atoms with E-state index in [0.29, 0.717) is 30.0 Å². The first-order chi connectivity index (χ1) is 18.8. The fraction of sp³-hybridized carbons (Fsp3) is 0.273. The van der Waals surface area contributed by atoms with Crippen molar-refractivity contribution in [2.45, 2.75) is 38.8 Å². The van der Waals surface area contributed by atoms with Crippen molar-refractivity contribution < 1.29 is 19.4 Å². The van der Waals surface area contributed by atoms with Crippen molar-refractivity contribution in [2.75, 3.05) is 19.8 Å². The smallest absolute Gasteiger partial charge is 0.338 e. The molecule has 1 atom stereocenters. The first-order valence-electron chi connectivity index (χ1n) is 13.1. The molecular formula is C33H34N2O4. The van der Waals surface area contributed by atoms with Gasteiger partial charge in [0.05, 0.1) is 17.7 Å². The number of ether oxygens (including phenoxy) is 2. The van der Waals surface area contributed by atoms with Crippen LogP contribution in [-0.4, -0.2) is 42.5 Å². The number of carbonyl (C=O) groups excluding carboxylic acids is 1. The zero-order valence-electron chi connectivity index (χ0n) is 22.6. The van der Waals surface area contributed by atoms with Crippen LogP contribution < -0.4 is 10.1 Å². The summed E-state index contributed by atoms with van der Waals surface area (Å²) >= 11 is 0. The highest BCUT2D eigenvalue weighted by atomic mass is 16.5. The Kier molecular flexibility index (Phi) is 8.98. The van der Waals surface area contributed by atoms with E-state index in [-0.39, 0.29) is 18.1 Å². The van der Waals surface area contributed by atoms with Gasteiger partial charge in [-0.25, -0.2) is 4.79 Å². The van der Waals surface area contributed by atoms with Gasteiger partial charge in [0.15, 0.2) is 0 Å². The second kappa shape index (κ2) is 12.6. The fourth-order valence-electron chi connectivity index (χ4n) is 4.49. The predicted octanol–water partition coefficient (Wildman–Crippen LogP) is 5.91. The summed E-state index contributed by atoms with van der Waals surface area (Å²) in [5.74, 6) is 0.0369. The van der Waals surface area contributed by atoms with E-state index in [4.69, 9.17) is 9.47 Å². The normalized spacial score (nSPS) is 12.1. The van der Waals surface area contributed by atoms with Crippen LogP contribution in [0.2, 0.25) is 0 Å². The maximum atomic E-state index is 11.9. The van der Waals surface area contributed by atoms with Gasteiger partial charge in [-0.3, -0.25) is 0 Å². The first kappa shape index (κ1) is 27.8. The van der Waals surface area contributed by atoms with Crippen LogP contribution in [0.5, 0.6) is 5.75 Å². The third kappa shape index (κ3) is 7.44. The molecule has 0 aliphatic rings. The van der Waals surface area contributed by atoms with E-state index < -0.39 is 6.10 Å². The third-order valence-electron chi connectivity index (χ3n) is 6.54. The van der Waals surface area contributed by atoms with E-state index in [0.717, 1.165) is 17.5 Å². The molecule has 0 heterocycles. The van der Waals surface area contributed by atoms with Crippen molar-refractivity contribution in [1.29, 1.82) is 5.26 Å². The number of rotatable bonds is 11. The lowest BCUT2D eigenvalue weighted by Crippen LogP contribution is -2.46. The van der Waals surface area contributed by atoms with Gasteiger partial charge in [-0.15, -0.1) is 0 Å². The van der Waals surface area contributed by atoms with Gasteiger partial charge in [-0.1, -0.05) is 60.7 Å². The number of β-amino-alcohol motifs (C(OH)–C–C–N with tert-alkyl or cyclic N) is 1. The summed E-state index contributed by atoms with van der Waals surface area (Å²) in [6, 6.07) is 29.3. The number of benzene rings is 4. The predicted molar refractivity (Wildman–Crippen MR) is 154 cm³/mol. The molecule has 0 aliphatic carbocycles. The molecule has 0 fully saturated rings. The van der Waals surface area contributed by atoms with Crippen LogP contribution >= 0.6 is 0 Å². The second-order valence-corrected chi connectivity index (χ2v) is 10.2. The Morgan fingerprint density at radius 1 is 0.974 bits per heavy atom. The molecule has 4 aromatic carbocycles. The number of fused-ring (bicyclic) bond motifs is 1. The summed E-state index contributed by atoms with van der Waals surface area (Å²) in [5.41, 5.74) is 3.56. The van der Waals surface area contributed by atoms with E-state index >= 15 is 0 Å². The number of aliphatic hydroxyl groups excluding tert-OH is 1. The van der Waals surface area contributed by atoms with Crippen molar-refractivity contribution in [1.82, 2.24) is 5.32 Å². The number of nitrogens with zero attached hydrogens (tertiary/aromatic N) is 1. The molecule has 0 bridgehead atoms. The van der Waals surface area contributed by atoms with Crippen LogP contribution in [0, 0.1) is 11.3 Å². The van der Waals surface area contributed by atoms with Crippen LogP contribution in [0.1, 0.15) is 42.3 Å². The minimum Gasteiger partial charge on any atom is -0.489 e. The van der Waals surface area contributed by atoms with Crippen molar-refractivity contribution in [3.8, 4) is 22.9 Å². The Morgan fingerprint density at radius 3 is 2.41 bits per heavy atom. The van der Waals surface area contributed by atoms with Gasteiger partial charge in [0.1, 0.15) is 24.5 Å². The summed E-state index contributed by atoms with van der Waals surface area (Å²) in [4.78, 5) is 11.9. The topological polar surface area (TPSA) is 91.6 Å². The number of esters is 1. The second-order valence-electron chi connectivity index (χ2n) is 10.2. The maximum Gasteiger partial charge on any atom is 0.338 e. The van der Waals surface area contributed by atoms with Crippen molar-refractivity contribution in [3.63, 3.8) is 0 Å². The molecule has 0 spiro atoms. The zero-order chi connectivity index (χ0) is 27.8. The average molecular weight is 523 g/mol. The van der Waals surface area contributed by atoms with Gasteiger partial charge < -0.3 is 19.9 Å². The molecule has 4 rings (SSSR count). The average Bonchev–Trinajstić information content (AvgIpc) is 2.95. The summed E-state index contributed by atoms with van der Waals surface area (Å²) in [7, 11) is 0. The van der Waals surface area contributed by atoms with E-state index in [1.165, 1.54) is 16.3 Å².